The monoisotopic (exact) mass is 422 g/mol. The van der Waals surface area contributed by atoms with E-state index in [-0.39, 0.29) is 11.3 Å². The maximum atomic E-state index is 14.2. The van der Waals surface area contributed by atoms with Crippen molar-refractivity contribution in [3.63, 3.8) is 0 Å². The molecule has 0 spiro atoms. The van der Waals surface area contributed by atoms with E-state index in [2.05, 4.69) is 23.8 Å². The Balaban J connectivity index is 1.45. The van der Waals surface area contributed by atoms with Gasteiger partial charge in [0.2, 0.25) is 5.91 Å². The van der Waals surface area contributed by atoms with Gasteiger partial charge in [-0.05, 0) is 69.1 Å². The third kappa shape index (κ3) is 4.32. The minimum Gasteiger partial charge on any atom is -0.454 e. The third-order valence-corrected chi connectivity index (χ3v) is 6.02. The molecule has 2 N–H and O–H groups in total. The van der Waals surface area contributed by atoms with Crippen molar-refractivity contribution in [2.75, 3.05) is 6.54 Å². The minimum atomic E-state index is -0.674. The summed E-state index contributed by atoms with van der Waals surface area (Å²) in [6.07, 6.45) is 2.30. The number of hydrogen-bond donors (Lipinski definition) is 1. The summed E-state index contributed by atoms with van der Waals surface area (Å²) in [4.78, 5) is 13.7. The molecule has 31 heavy (non-hydrogen) atoms. The van der Waals surface area contributed by atoms with Crippen molar-refractivity contribution < 1.29 is 13.9 Å². The number of likely N-dealkylation sites (tertiary alicyclic amines) is 1. The van der Waals surface area contributed by atoms with Gasteiger partial charge in [-0.2, -0.15) is 5.10 Å². The van der Waals surface area contributed by atoms with Gasteiger partial charge in [-0.1, -0.05) is 12.1 Å². The minimum absolute atomic E-state index is 0.0554. The highest BCUT2D eigenvalue weighted by molar-refractivity contribution is 5.92. The Bertz CT molecular complexity index is 1110. The molecule has 0 radical (unpaired) electrons. The zero-order valence-corrected chi connectivity index (χ0v) is 18.1. The molecule has 1 aromatic heterocycles. The Kier molecular flexibility index (Phi) is 5.78. The van der Waals surface area contributed by atoms with Gasteiger partial charge in [0.15, 0.2) is 11.6 Å². The smallest absolute Gasteiger partial charge is 0.248 e. The van der Waals surface area contributed by atoms with E-state index in [0.717, 1.165) is 31.3 Å². The molecule has 4 rings (SSSR count). The number of aryl methyl sites for hydroxylation is 2. The van der Waals surface area contributed by atoms with E-state index in [0.29, 0.717) is 11.8 Å². The molecule has 2 heterocycles. The Hall–Kier alpha value is -3.19. The van der Waals surface area contributed by atoms with E-state index >= 15 is 0 Å². The third-order valence-electron chi connectivity index (χ3n) is 6.02. The number of ether oxygens (including phenoxy) is 1. The van der Waals surface area contributed by atoms with E-state index < -0.39 is 11.7 Å². The van der Waals surface area contributed by atoms with Gasteiger partial charge in [-0.25, -0.2) is 4.39 Å². The van der Waals surface area contributed by atoms with Crippen molar-refractivity contribution in [2.24, 2.45) is 12.8 Å². The summed E-state index contributed by atoms with van der Waals surface area (Å²) in [5, 5.41) is 4.59. The molecule has 6 nitrogen and oxygen atoms in total. The summed E-state index contributed by atoms with van der Waals surface area (Å²) in [5.74, 6) is -0.708. The van der Waals surface area contributed by atoms with E-state index in [4.69, 9.17) is 10.5 Å². The Morgan fingerprint density at radius 2 is 1.97 bits per heavy atom. The lowest BCUT2D eigenvalue weighted by atomic mass is 10.0. The molecular weight excluding hydrogens is 395 g/mol. The molecule has 1 aliphatic heterocycles. The number of rotatable bonds is 6. The zero-order chi connectivity index (χ0) is 22.1. The van der Waals surface area contributed by atoms with Crippen LogP contribution < -0.4 is 10.5 Å². The number of aromatic nitrogens is 2. The van der Waals surface area contributed by atoms with Crippen molar-refractivity contribution in [3.8, 4) is 11.5 Å². The van der Waals surface area contributed by atoms with Crippen LogP contribution in [0.2, 0.25) is 0 Å². The largest absolute Gasteiger partial charge is 0.454 e. The van der Waals surface area contributed by atoms with Crippen LogP contribution in [0.5, 0.6) is 11.5 Å². The average Bonchev–Trinajstić information content (AvgIpc) is 3.27. The highest BCUT2D eigenvalue weighted by Crippen LogP contribution is 2.36. The maximum Gasteiger partial charge on any atom is 0.248 e. The number of primary amides is 1. The molecule has 0 bridgehead atoms. The standard InChI is InChI=1S/C24H27FN4O2/c1-15-23(16(2)28(3)27-15)21-5-4-12-29(21)14-17-6-9-19(10-7-17)31-22-11-8-18(24(26)30)13-20(22)25/h6-11,13,21H,4-5,12,14H2,1-3H3,(H2,26,30). The molecule has 1 amide bonds. The number of carbonyl (C=O) groups is 1. The number of amides is 1. The summed E-state index contributed by atoms with van der Waals surface area (Å²) < 4.78 is 21.8. The van der Waals surface area contributed by atoms with Crippen molar-refractivity contribution in [3.05, 3.63) is 76.4 Å². The van der Waals surface area contributed by atoms with Crippen molar-refractivity contribution in [1.82, 2.24) is 14.7 Å². The number of nitrogens with zero attached hydrogens (tertiary/aromatic N) is 3. The molecule has 2 aromatic carbocycles. The second kappa shape index (κ2) is 8.51. The van der Waals surface area contributed by atoms with Gasteiger partial charge in [0, 0.05) is 36.5 Å². The van der Waals surface area contributed by atoms with E-state index in [1.807, 2.05) is 36.0 Å². The van der Waals surface area contributed by atoms with Gasteiger partial charge in [-0.3, -0.25) is 14.4 Å². The van der Waals surface area contributed by atoms with Crippen molar-refractivity contribution >= 4 is 5.91 Å². The van der Waals surface area contributed by atoms with Gasteiger partial charge < -0.3 is 10.5 Å². The van der Waals surface area contributed by atoms with Crippen LogP contribution in [-0.2, 0) is 13.6 Å². The van der Waals surface area contributed by atoms with Crippen molar-refractivity contribution in [1.29, 1.82) is 0 Å². The van der Waals surface area contributed by atoms with Crippen LogP contribution in [0.3, 0.4) is 0 Å². The number of benzene rings is 2. The molecule has 3 aromatic rings. The molecule has 1 atom stereocenters. The van der Waals surface area contributed by atoms with Gasteiger partial charge in [-0.15, -0.1) is 0 Å². The molecule has 162 valence electrons. The molecule has 1 unspecified atom stereocenters. The second-order valence-corrected chi connectivity index (χ2v) is 8.09. The zero-order valence-electron chi connectivity index (χ0n) is 18.1. The van der Waals surface area contributed by atoms with Crippen LogP contribution >= 0.6 is 0 Å². The summed E-state index contributed by atoms with van der Waals surface area (Å²) in [6.45, 7) is 6.10. The summed E-state index contributed by atoms with van der Waals surface area (Å²) in [7, 11) is 1.99. The predicted octanol–water partition coefficient (Wildman–Crippen LogP) is 4.40. The quantitative estimate of drug-likeness (QED) is 0.639. The highest BCUT2D eigenvalue weighted by Gasteiger charge is 2.30. The number of carbonyl (C=O) groups excluding carboxylic acids is 1. The first kappa shape index (κ1) is 21.1. The Morgan fingerprint density at radius 3 is 2.58 bits per heavy atom. The first-order valence-electron chi connectivity index (χ1n) is 10.4. The van der Waals surface area contributed by atoms with Crippen molar-refractivity contribution in [2.45, 2.75) is 39.3 Å². The molecule has 1 aliphatic rings. The van der Waals surface area contributed by atoms with Gasteiger partial charge >= 0.3 is 0 Å². The number of hydrogen-bond acceptors (Lipinski definition) is 4. The number of nitrogens with two attached hydrogens (primary N) is 1. The lowest BCUT2D eigenvalue weighted by molar-refractivity contribution is 0.1000. The van der Waals surface area contributed by atoms with E-state index in [1.54, 1.807) is 0 Å². The summed E-state index contributed by atoms with van der Waals surface area (Å²) >= 11 is 0. The topological polar surface area (TPSA) is 73.4 Å². The predicted molar refractivity (Wildman–Crippen MR) is 117 cm³/mol. The summed E-state index contributed by atoms with van der Waals surface area (Å²) in [5.41, 5.74) is 10.1. The highest BCUT2D eigenvalue weighted by atomic mass is 19.1. The Labute approximate surface area is 181 Å². The van der Waals surface area contributed by atoms with Crippen LogP contribution in [-0.4, -0.2) is 27.1 Å². The fraction of sp³-hybridized carbons (Fsp3) is 0.333. The van der Waals surface area contributed by atoms with Crippen LogP contribution in [0.15, 0.2) is 42.5 Å². The fourth-order valence-electron chi connectivity index (χ4n) is 4.38. The van der Waals surface area contributed by atoms with Crippen LogP contribution in [0.4, 0.5) is 4.39 Å². The normalized spacial score (nSPS) is 16.6. The van der Waals surface area contributed by atoms with Crippen LogP contribution in [0.25, 0.3) is 0 Å². The lowest BCUT2D eigenvalue weighted by Crippen LogP contribution is -2.23. The van der Waals surface area contributed by atoms with Gasteiger partial charge in [0.1, 0.15) is 5.75 Å². The SMILES string of the molecule is Cc1nn(C)c(C)c1C1CCCN1Cc1ccc(Oc2ccc(C(N)=O)cc2F)cc1. The van der Waals surface area contributed by atoms with Gasteiger partial charge in [0.05, 0.1) is 5.69 Å². The molecular formula is C24H27FN4O2. The van der Waals surface area contributed by atoms with Crippen LogP contribution in [0.1, 0.15) is 51.8 Å². The summed E-state index contributed by atoms with van der Waals surface area (Å²) in [6, 6.07) is 12.0. The second-order valence-electron chi connectivity index (χ2n) is 8.09. The molecule has 0 aliphatic carbocycles. The Morgan fingerprint density at radius 1 is 1.23 bits per heavy atom. The lowest BCUT2D eigenvalue weighted by Gasteiger charge is -2.25. The fourth-order valence-corrected chi connectivity index (χ4v) is 4.38. The number of halogens is 1. The maximum absolute atomic E-state index is 14.2. The first-order chi connectivity index (χ1) is 14.8. The molecule has 7 heteroatoms. The van der Waals surface area contributed by atoms with E-state index in [1.165, 1.54) is 35.4 Å². The first-order valence-corrected chi connectivity index (χ1v) is 10.4. The van der Waals surface area contributed by atoms with Gasteiger partial charge in [0.25, 0.3) is 0 Å². The van der Waals surface area contributed by atoms with Crippen LogP contribution in [0, 0.1) is 19.7 Å². The molecule has 1 fully saturated rings. The van der Waals surface area contributed by atoms with E-state index in [9.17, 15) is 9.18 Å². The molecule has 1 saturated heterocycles. The molecule has 0 saturated carbocycles. The average molecular weight is 423 g/mol.